The minimum Gasteiger partial charge on any atom is -0.305 e. The van der Waals surface area contributed by atoms with E-state index in [1.807, 2.05) is 11.3 Å². The summed E-state index contributed by atoms with van der Waals surface area (Å²) in [6.45, 7) is 5.24. The molecule has 92 valence electrons. The first-order chi connectivity index (χ1) is 8.13. The van der Waals surface area contributed by atoms with E-state index >= 15 is 0 Å². The number of nitrogens with one attached hydrogen (secondary N) is 1. The molecular formula is C12H13Br2NS2. The second kappa shape index (κ2) is 5.97. The summed E-state index contributed by atoms with van der Waals surface area (Å²) in [6, 6.07) is 4.58. The van der Waals surface area contributed by atoms with Gasteiger partial charge in [-0.1, -0.05) is 6.92 Å². The fourth-order valence-electron chi connectivity index (χ4n) is 1.72. The first-order valence-electron chi connectivity index (χ1n) is 5.35. The van der Waals surface area contributed by atoms with Crippen LogP contribution < -0.4 is 5.32 Å². The van der Waals surface area contributed by atoms with Crippen molar-refractivity contribution in [3.63, 3.8) is 0 Å². The lowest BCUT2D eigenvalue weighted by atomic mass is 10.2. The maximum Gasteiger partial charge on any atom is 0.0787 e. The second-order valence-electron chi connectivity index (χ2n) is 3.69. The molecular weight excluding hydrogens is 382 g/mol. The topological polar surface area (TPSA) is 12.0 Å². The summed E-state index contributed by atoms with van der Waals surface area (Å²) in [5, 5.41) is 5.68. The third-order valence-electron chi connectivity index (χ3n) is 2.41. The van der Waals surface area contributed by atoms with Crippen LogP contribution in [0.4, 0.5) is 0 Å². The molecule has 2 aromatic heterocycles. The van der Waals surface area contributed by atoms with Crippen LogP contribution in [0.5, 0.6) is 0 Å². The molecule has 0 saturated heterocycles. The van der Waals surface area contributed by atoms with Gasteiger partial charge >= 0.3 is 0 Å². The Kier molecular flexibility index (Phi) is 4.83. The van der Waals surface area contributed by atoms with Crippen molar-refractivity contribution in [2.75, 3.05) is 6.54 Å². The summed E-state index contributed by atoms with van der Waals surface area (Å²) in [4.78, 5) is 4.03. The minimum atomic E-state index is 0.280. The van der Waals surface area contributed by atoms with Gasteiger partial charge in [0.2, 0.25) is 0 Å². The van der Waals surface area contributed by atoms with Crippen molar-refractivity contribution in [3.05, 3.63) is 41.1 Å². The molecule has 1 nitrogen and oxygen atoms in total. The zero-order valence-corrected chi connectivity index (χ0v) is 14.4. The molecule has 0 spiro atoms. The van der Waals surface area contributed by atoms with Gasteiger partial charge in [-0.15, -0.1) is 22.7 Å². The minimum absolute atomic E-state index is 0.280. The average Bonchev–Trinajstić information content (AvgIpc) is 2.82. The molecule has 2 heterocycles. The second-order valence-corrected chi connectivity index (χ2v) is 7.64. The molecule has 0 aliphatic rings. The molecule has 1 N–H and O–H groups in total. The van der Waals surface area contributed by atoms with E-state index in [-0.39, 0.29) is 6.04 Å². The van der Waals surface area contributed by atoms with Crippen LogP contribution >= 0.6 is 54.5 Å². The van der Waals surface area contributed by atoms with Crippen LogP contribution in [-0.4, -0.2) is 6.54 Å². The van der Waals surface area contributed by atoms with Crippen molar-refractivity contribution in [2.24, 2.45) is 0 Å². The molecule has 17 heavy (non-hydrogen) atoms. The lowest BCUT2D eigenvalue weighted by Gasteiger charge is -2.16. The zero-order valence-electron chi connectivity index (χ0n) is 9.59. The van der Waals surface area contributed by atoms with Gasteiger partial charge in [-0.2, -0.15) is 0 Å². The fraction of sp³-hybridized carbons (Fsp3) is 0.333. The van der Waals surface area contributed by atoms with Crippen molar-refractivity contribution in [2.45, 2.75) is 19.9 Å². The van der Waals surface area contributed by atoms with E-state index in [9.17, 15) is 0 Å². The number of halogens is 2. The number of hydrogen-bond donors (Lipinski definition) is 1. The Labute approximate surface area is 127 Å². The highest BCUT2D eigenvalue weighted by Gasteiger charge is 2.21. The summed E-state index contributed by atoms with van der Waals surface area (Å²) in [7, 11) is 0. The summed E-state index contributed by atoms with van der Waals surface area (Å²) in [6.07, 6.45) is 0. The van der Waals surface area contributed by atoms with Crippen molar-refractivity contribution < 1.29 is 0 Å². The highest BCUT2D eigenvalue weighted by Crippen LogP contribution is 2.40. The molecule has 0 fully saturated rings. The van der Waals surface area contributed by atoms with E-state index in [0.29, 0.717) is 0 Å². The third-order valence-corrected chi connectivity index (χ3v) is 6.38. The Bertz CT molecular complexity index is 504. The van der Waals surface area contributed by atoms with Crippen molar-refractivity contribution in [3.8, 4) is 0 Å². The predicted octanol–water partition coefficient (Wildman–Crippen LogP) is 5.34. The average molecular weight is 395 g/mol. The highest BCUT2D eigenvalue weighted by molar-refractivity contribution is 9.11. The molecule has 0 aliphatic carbocycles. The van der Waals surface area contributed by atoms with Gasteiger partial charge in [0.1, 0.15) is 0 Å². The van der Waals surface area contributed by atoms with Crippen LogP contribution in [0.25, 0.3) is 0 Å². The van der Waals surface area contributed by atoms with Crippen LogP contribution in [0.2, 0.25) is 0 Å². The number of hydrogen-bond acceptors (Lipinski definition) is 3. The summed E-state index contributed by atoms with van der Waals surface area (Å²) in [5.41, 5.74) is 0. The summed E-state index contributed by atoms with van der Waals surface area (Å²) >= 11 is 10.9. The molecule has 1 atom stereocenters. The van der Waals surface area contributed by atoms with E-state index in [4.69, 9.17) is 0 Å². The van der Waals surface area contributed by atoms with Gasteiger partial charge in [-0.3, -0.25) is 0 Å². The van der Waals surface area contributed by atoms with Crippen LogP contribution in [0.1, 0.15) is 27.6 Å². The molecule has 1 unspecified atom stereocenters. The van der Waals surface area contributed by atoms with Crippen molar-refractivity contribution >= 4 is 54.5 Å². The normalized spacial score (nSPS) is 12.9. The maximum atomic E-state index is 3.66. The van der Waals surface area contributed by atoms with E-state index in [2.05, 4.69) is 68.5 Å². The molecule has 0 radical (unpaired) electrons. The van der Waals surface area contributed by atoms with Crippen LogP contribution in [0.15, 0.2) is 26.5 Å². The lowest BCUT2D eigenvalue weighted by molar-refractivity contribution is 0.645. The van der Waals surface area contributed by atoms with Crippen LogP contribution in [0, 0.1) is 6.92 Å². The molecule has 0 bridgehead atoms. The Morgan fingerprint density at radius 1 is 1.29 bits per heavy atom. The van der Waals surface area contributed by atoms with Gasteiger partial charge in [0.25, 0.3) is 0 Å². The maximum absolute atomic E-state index is 3.66. The van der Waals surface area contributed by atoms with Gasteiger partial charge in [0.15, 0.2) is 0 Å². The lowest BCUT2D eigenvalue weighted by Crippen LogP contribution is -2.20. The third kappa shape index (κ3) is 3.01. The van der Waals surface area contributed by atoms with Gasteiger partial charge in [-0.25, -0.2) is 0 Å². The van der Waals surface area contributed by atoms with E-state index in [0.717, 1.165) is 6.54 Å². The largest absolute Gasteiger partial charge is 0.305 e. The number of rotatable bonds is 4. The van der Waals surface area contributed by atoms with Gasteiger partial charge in [0.05, 0.1) is 6.04 Å². The first-order valence-corrected chi connectivity index (χ1v) is 8.63. The fourth-order valence-corrected chi connectivity index (χ4v) is 5.44. The van der Waals surface area contributed by atoms with E-state index in [1.165, 1.54) is 23.6 Å². The molecule has 0 saturated carbocycles. The molecule has 0 amide bonds. The van der Waals surface area contributed by atoms with Crippen LogP contribution in [0.3, 0.4) is 0 Å². The van der Waals surface area contributed by atoms with Crippen molar-refractivity contribution in [1.82, 2.24) is 5.32 Å². The molecule has 0 aliphatic heterocycles. The monoisotopic (exact) mass is 393 g/mol. The number of aryl methyl sites for hydroxylation is 1. The Hall–Kier alpha value is 0.320. The Balaban J connectivity index is 2.42. The first kappa shape index (κ1) is 13.7. The molecule has 2 aromatic rings. The van der Waals surface area contributed by atoms with Gasteiger partial charge in [0, 0.05) is 23.6 Å². The van der Waals surface area contributed by atoms with Gasteiger partial charge < -0.3 is 5.32 Å². The van der Waals surface area contributed by atoms with E-state index in [1.54, 1.807) is 11.3 Å². The SMILES string of the molecule is CCNC(c1sccc1Br)c1sc(C)cc1Br. The predicted molar refractivity (Wildman–Crippen MR) is 84.3 cm³/mol. The molecule has 5 heteroatoms. The van der Waals surface area contributed by atoms with Gasteiger partial charge in [-0.05, 0) is 62.8 Å². The van der Waals surface area contributed by atoms with E-state index < -0.39 is 0 Å². The Morgan fingerprint density at radius 2 is 2.06 bits per heavy atom. The Morgan fingerprint density at radius 3 is 2.53 bits per heavy atom. The molecule has 2 rings (SSSR count). The highest BCUT2D eigenvalue weighted by atomic mass is 79.9. The number of thiophene rings is 2. The zero-order chi connectivity index (χ0) is 12.4. The quantitative estimate of drug-likeness (QED) is 0.737. The smallest absolute Gasteiger partial charge is 0.0787 e. The van der Waals surface area contributed by atoms with Crippen LogP contribution in [-0.2, 0) is 0 Å². The summed E-state index contributed by atoms with van der Waals surface area (Å²) < 4.78 is 2.39. The standard InChI is InChI=1S/C12H13Br2NS2/c1-3-15-10(11-8(13)4-5-16-11)12-9(14)6-7(2)17-12/h4-6,10,15H,3H2,1-2H3. The molecule has 0 aromatic carbocycles. The van der Waals surface area contributed by atoms with Crippen molar-refractivity contribution in [1.29, 1.82) is 0 Å². The summed E-state index contributed by atoms with van der Waals surface area (Å²) in [5.74, 6) is 0.